The Balaban J connectivity index is 2.48. The summed E-state index contributed by atoms with van der Waals surface area (Å²) in [5.74, 6) is -1.10. The van der Waals surface area contributed by atoms with E-state index in [2.05, 4.69) is 17.2 Å². The average Bonchev–Trinajstić information content (AvgIpc) is 2.88. The van der Waals surface area contributed by atoms with Crippen LogP contribution < -0.4 is 0 Å². The highest BCUT2D eigenvalue weighted by atomic mass is 35.5. The van der Waals surface area contributed by atoms with Gasteiger partial charge in [0, 0.05) is 0 Å². The summed E-state index contributed by atoms with van der Waals surface area (Å²) in [5.41, 5.74) is 1.88. The van der Waals surface area contributed by atoms with Crippen molar-refractivity contribution in [2.45, 2.75) is 32.8 Å². The predicted molar refractivity (Wildman–Crippen MR) is 77.9 cm³/mol. The molecule has 1 aromatic carbocycles. The zero-order valence-corrected chi connectivity index (χ0v) is 12.3. The minimum absolute atomic E-state index is 0.0108. The number of carboxylic acid groups (broad SMARTS) is 1. The molecule has 0 aliphatic carbocycles. The standard InChI is InChI=1S/C14H16ClN3O3/c1-2-3-4-13-12(8-19)16-17-18(13)9-5-6-11(15)10(7-9)14(20)21/h5-7,19H,2-4,8H2,1H3,(H,20,21). The number of benzene rings is 1. The van der Waals surface area contributed by atoms with Gasteiger partial charge in [0.15, 0.2) is 0 Å². The van der Waals surface area contributed by atoms with Crippen LogP contribution in [0.4, 0.5) is 0 Å². The number of carboxylic acids is 1. The summed E-state index contributed by atoms with van der Waals surface area (Å²) in [5, 5.41) is 26.6. The second-order valence-corrected chi connectivity index (χ2v) is 5.03. The van der Waals surface area contributed by atoms with E-state index in [-0.39, 0.29) is 17.2 Å². The van der Waals surface area contributed by atoms with Gasteiger partial charge in [-0.1, -0.05) is 30.2 Å². The van der Waals surface area contributed by atoms with E-state index in [4.69, 9.17) is 16.7 Å². The molecule has 0 aliphatic heterocycles. The summed E-state index contributed by atoms with van der Waals surface area (Å²) < 4.78 is 1.56. The molecule has 0 radical (unpaired) electrons. The fourth-order valence-corrected chi connectivity index (χ4v) is 2.26. The number of halogens is 1. The molecule has 21 heavy (non-hydrogen) atoms. The number of aliphatic hydroxyl groups is 1. The number of aliphatic hydroxyl groups excluding tert-OH is 1. The molecule has 6 nitrogen and oxygen atoms in total. The van der Waals surface area contributed by atoms with Crippen molar-refractivity contribution in [3.05, 3.63) is 40.2 Å². The zero-order chi connectivity index (χ0) is 15.4. The van der Waals surface area contributed by atoms with Crippen molar-refractivity contribution in [3.63, 3.8) is 0 Å². The van der Waals surface area contributed by atoms with E-state index in [9.17, 15) is 9.90 Å². The smallest absolute Gasteiger partial charge is 0.337 e. The molecule has 0 unspecified atom stereocenters. The third-order valence-electron chi connectivity index (χ3n) is 3.19. The van der Waals surface area contributed by atoms with Gasteiger partial charge in [-0.2, -0.15) is 0 Å². The largest absolute Gasteiger partial charge is 0.478 e. The molecule has 0 atom stereocenters. The monoisotopic (exact) mass is 309 g/mol. The van der Waals surface area contributed by atoms with Gasteiger partial charge in [-0.25, -0.2) is 9.48 Å². The predicted octanol–water partition coefficient (Wildman–Crippen LogP) is 2.45. The maximum Gasteiger partial charge on any atom is 0.337 e. The molecule has 0 saturated heterocycles. The molecule has 1 aromatic heterocycles. The zero-order valence-electron chi connectivity index (χ0n) is 11.6. The van der Waals surface area contributed by atoms with Crippen molar-refractivity contribution >= 4 is 17.6 Å². The van der Waals surface area contributed by atoms with Gasteiger partial charge < -0.3 is 10.2 Å². The van der Waals surface area contributed by atoms with E-state index >= 15 is 0 Å². The number of hydrogen-bond acceptors (Lipinski definition) is 4. The first-order valence-corrected chi connectivity index (χ1v) is 7.03. The van der Waals surface area contributed by atoms with E-state index in [0.717, 1.165) is 18.5 Å². The minimum atomic E-state index is -1.10. The first-order chi connectivity index (χ1) is 10.1. The van der Waals surface area contributed by atoms with Crippen LogP contribution in [0.3, 0.4) is 0 Å². The highest BCUT2D eigenvalue weighted by molar-refractivity contribution is 6.33. The van der Waals surface area contributed by atoms with E-state index in [0.29, 0.717) is 17.8 Å². The second-order valence-electron chi connectivity index (χ2n) is 4.63. The SMILES string of the molecule is CCCCc1c(CO)nnn1-c1ccc(Cl)c(C(=O)O)c1. The van der Waals surface area contributed by atoms with Crippen molar-refractivity contribution < 1.29 is 15.0 Å². The van der Waals surface area contributed by atoms with Crippen LogP contribution in [-0.2, 0) is 13.0 Å². The highest BCUT2D eigenvalue weighted by Crippen LogP contribution is 2.22. The first kappa shape index (κ1) is 15.5. The van der Waals surface area contributed by atoms with Gasteiger partial charge in [0.25, 0.3) is 0 Å². The van der Waals surface area contributed by atoms with Crippen LogP contribution in [0.5, 0.6) is 0 Å². The topological polar surface area (TPSA) is 88.2 Å². The van der Waals surface area contributed by atoms with Crippen LogP contribution in [0.15, 0.2) is 18.2 Å². The third kappa shape index (κ3) is 3.22. The van der Waals surface area contributed by atoms with Gasteiger partial charge >= 0.3 is 5.97 Å². The first-order valence-electron chi connectivity index (χ1n) is 6.66. The lowest BCUT2D eigenvalue weighted by atomic mass is 10.1. The van der Waals surface area contributed by atoms with Gasteiger partial charge in [0.05, 0.1) is 28.6 Å². The summed E-state index contributed by atoms with van der Waals surface area (Å²) in [4.78, 5) is 11.2. The Morgan fingerprint density at radius 3 is 2.81 bits per heavy atom. The van der Waals surface area contributed by atoms with Gasteiger partial charge in [0.1, 0.15) is 5.69 Å². The molecular formula is C14H16ClN3O3. The molecule has 0 amide bonds. The number of rotatable bonds is 6. The quantitative estimate of drug-likeness (QED) is 0.855. The van der Waals surface area contributed by atoms with Gasteiger partial charge in [0.2, 0.25) is 0 Å². The van der Waals surface area contributed by atoms with Crippen LogP contribution in [-0.4, -0.2) is 31.2 Å². The Hall–Kier alpha value is -1.92. The van der Waals surface area contributed by atoms with E-state index < -0.39 is 5.97 Å². The van der Waals surface area contributed by atoms with Crippen molar-refractivity contribution in [2.75, 3.05) is 0 Å². The summed E-state index contributed by atoms with van der Waals surface area (Å²) in [7, 11) is 0. The number of aromatic carboxylic acids is 1. The maximum atomic E-state index is 11.2. The van der Waals surface area contributed by atoms with Gasteiger partial charge in [-0.3, -0.25) is 0 Å². The van der Waals surface area contributed by atoms with Crippen LogP contribution in [0.2, 0.25) is 5.02 Å². The lowest BCUT2D eigenvalue weighted by Crippen LogP contribution is -2.06. The molecule has 0 saturated carbocycles. The van der Waals surface area contributed by atoms with Crippen molar-refractivity contribution in [3.8, 4) is 5.69 Å². The Morgan fingerprint density at radius 1 is 1.43 bits per heavy atom. The molecular weight excluding hydrogens is 294 g/mol. The molecule has 7 heteroatoms. The molecule has 2 rings (SSSR count). The number of aromatic nitrogens is 3. The average molecular weight is 310 g/mol. The fraction of sp³-hybridized carbons (Fsp3) is 0.357. The molecule has 0 aliphatic rings. The number of carbonyl (C=O) groups is 1. The molecule has 2 N–H and O–H groups in total. The molecule has 112 valence electrons. The summed E-state index contributed by atoms with van der Waals surface area (Å²) in [6, 6.07) is 4.65. The summed E-state index contributed by atoms with van der Waals surface area (Å²) >= 11 is 5.87. The van der Waals surface area contributed by atoms with Gasteiger partial charge in [-0.15, -0.1) is 5.10 Å². The molecule has 2 aromatic rings. The second kappa shape index (κ2) is 6.69. The molecule has 0 fully saturated rings. The number of hydrogen-bond donors (Lipinski definition) is 2. The Bertz CT molecular complexity index is 655. The Morgan fingerprint density at radius 2 is 2.19 bits per heavy atom. The minimum Gasteiger partial charge on any atom is -0.478 e. The lowest BCUT2D eigenvalue weighted by molar-refractivity contribution is 0.0697. The highest BCUT2D eigenvalue weighted by Gasteiger charge is 2.16. The Kier molecular flexibility index (Phi) is 4.93. The van der Waals surface area contributed by atoms with Gasteiger partial charge in [-0.05, 0) is 31.0 Å². The normalized spacial score (nSPS) is 10.8. The summed E-state index contributed by atoms with van der Waals surface area (Å²) in [6.45, 7) is 1.87. The van der Waals surface area contributed by atoms with Crippen LogP contribution >= 0.6 is 11.6 Å². The number of nitrogens with zero attached hydrogens (tertiary/aromatic N) is 3. The van der Waals surface area contributed by atoms with E-state index in [1.54, 1.807) is 10.7 Å². The van der Waals surface area contributed by atoms with Crippen LogP contribution in [0.25, 0.3) is 5.69 Å². The third-order valence-corrected chi connectivity index (χ3v) is 3.52. The van der Waals surface area contributed by atoms with Crippen molar-refractivity contribution in [2.24, 2.45) is 0 Å². The Labute approximate surface area is 127 Å². The van der Waals surface area contributed by atoms with Crippen molar-refractivity contribution in [1.29, 1.82) is 0 Å². The molecule has 0 spiro atoms. The van der Waals surface area contributed by atoms with E-state index in [1.165, 1.54) is 12.1 Å². The molecule has 0 bridgehead atoms. The van der Waals surface area contributed by atoms with Crippen LogP contribution in [0.1, 0.15) is 41.5 Å². The van der Waals surface area contributed by atoms with E-state index in [1.807, 2.05) is 0 Å². The lowest BCUT2D eigenvalue weighted by Gasteiger charge is -2.08. The molecule has 1 heterocycles. The number of unbranched alkanes of at least 4 members (excludes halogenated alkanes) is 1. The fourth-order valence-electron chi connectivity index (χ4n) is 2.07. The van der Waals surface area contributed by atoms with Crippen LogP contribution in [0, 0.1) is 0 Å². The summed E-state index contributed by atoms with van der Waals surface area (Å²) in [6.07, 6.45) is 2.64. The van der Waals surface area contributed by atoms with Crippen molar-refractivity contribution in [1.82, 2.24) is 15.0 Å². The maximum absolute atomic E-state index is 11.2.